The zero-order valence-corrected chi connectivity index (χ0v) is 14.2. The largest absolute Gasteiger partial charge is 0.295 e. The molecular formula is C18H15N7O. The highest BCUT2D eigenvalue weighted by molar-refractivity contribution is 5.67. The molecule has 0 aliphatic carbocycles. The Morgan fingerprint density at radius 2 is 2.15 bits per heavy atom. The number of fused-ring (bicyclic) bond motifs is 1. The molecule has 0 saturated heterocycles. The summed E-state index contributed by atoms with van der Waals surface area (Å²) in [5.41, 5.74) is 2.20. The Labute approximate surface area is 148 Å². The molecule has 0 unspecified atom stereocenters. The van der Waals surface area contributed by atoms with Crippen LogP contribution in [-0.2, 0) is 0 Å². The number of nitrogens with zero attached hydrogens (tertiary/aromatic N) is 6. The monoisotopic (exact) mass is 345 g/mol. The van der Waals surface area contributed by atoms with Crippen molar-refractivity contribution in [3.8, 4) is 23.1 Å². The Balaban J connectivity index is 1.96. The van der Waals surface area contributed by atoms with Crippen molar-refractivity contribution in [1.29, 1.82) is 5.26 Å². The molecule has 4 heterocycles. The van der Waals surface area contributed by atoms with Crippen molar-refractivity contribution in [2.75, 3.05) is 0 Å². The molecule has 0 spiro atoms. The first-order valence-electron chi connectivity index (χ1n) is 8.10. The molecule has 4 rings (SSSR count). The summed E-state index contributed by atoms with van der Waals surface area (Å²) in [5.74, 6) is 0.621. The van der Waals surface area contributed by atoms with E-state index in [1.165, 1.54) is 10.7 Å². The molecule has 0 fully saturated rings. The van der Waals surface area contributed by atoms with E-state index in [4.69, 9.17) is 0 Å². The van der Waals surface area contributed by atoms with Crippen LogP contribution in [0.4, 0.5) is 0 Å². The van der Waals surface area contributed by atoms with Gasteiger partial charge in [0.15, 0.2) is 11.5 Å². The second kappa shape index (κ2) is 5.97. The number of H-pyrrole nitrogens is 1. The fraction of sp³-hybridized carbons (Fsp3) is 0.167. The average Bonchev–Trinajstić information content (AvgIpc) is 3.29. The molecule has 8 heteroatoms. The maximum absolute atomic E-state index is 12.9. The molecule has 0 radical (unpaired) electrons. The lowest BCUT2D eigenvalue weighted by atomic mass is 10.00. The summed E-state index contributed by atoms with van der Waals surface area (Å²) >= 11 is 0. The molecule has 0 saturated carbocycles. The highest BCUT2D eigenvalue weighted by Gasteiger charge is 2.21. The predicted molar refractivity (Wildman–Crippen MR) is 95.0 cm³/mol. The molecule has 0 aliphatic heterocycles. The van der Waals surface area contributed by atoms with Crippen LogP contribution in [0.15, 0.2) is 47.8 Å². The zero-order chi connectivity index (χ0) is 18.3. The van der Waals surface area contributed by atoms with Crippen LogP contribution in [-0.4, -0.2) is 29.4 Å². The molecule has 26 heavy (non-hydrogen) atoms. The van der Waals surface area contributed by atoms with Crippen LogP contribution in [0, 0.1) is 11.3 Å². The van der Waals surface area contributed by atoms with Crippen LogP contribution < -0.4 is 5.56 Å². The molecule has 4 aromatic heterocycles. The van der Waals surface area contributed by atoms with Crippen LogP contribution in [0.1, 0.15) is 30.9 Å². The fourth-order valence-electron chi connectivity index (χ4n) is 2.91. The minimum atomic E-state index is -0.216. The highest BCUT2D eigenvalue weighted by Crippen LogP contribution is 2.26. The molecule has 128 valence electrons. The number of nitriles is 1. The maximum Gasteiger partial charge on any atom is 0.276 e. The minimum Gasteiger partial charge on any atom is -0.295 e. The smallest absolute Gasteiger partial charge is 0.276 e. The summed E-state index contributed by atoms with van der Waals surface area (Å²) in [6.07, 6.45) is 6.60. The fourth-order valence-corrected chi connectivity index (χ4v) is 2.91. The summed E-state index contributed by atoms with van der Waals surface area (Å²) in [6.45, 7) is 3.87. The predicted octanol–water partition coefficient (Wildman–Crippen LogP) is 2.27. The van der Waals surface area contributed by atoms with Crippen molar-refractivity contribution >= 4 is 5.65 Å². The molecular weight excluding hydrogens is 330 g/mol. The van der Waals surface area contributed by atoms with E-state index in [0.29, 0.717) is 33.8 Å². The van der Waals surface area contributed by atoms with E-state index in [1.807, 2.05) is 32.0 Å². The molecule has 8 nitrogen and oxygen atoms in total. The van der Waals surface area contributed by atoms with Gasteiger partial charge in [-0.25, -0.2) is 19.2 Å². The van der Waals surface area contributed by atoms with E-state index in [2.05, 4.69) is 26.2 Å². The second-order valence-corrected chi connectivity index (χ2v) is 6.15. The third kappa shape index (κ3) is 2.38. The van der Waals surface area contributed by atoms with Gasteiger partial charge in [-0.2, -0.15) is 10.4 Å². The summed E-state index contributed by atoms with van der Waals surface area (Å²) in [7, 11) is 0. The average molecular weight is 345 g/mol. The number of hydrogen-bond donors (Lipinski definition) is 1. The van der Waals surface area contributed by atoms with Crippen molar-refractivity contribution in [3.05, 3.63) is 64.5 Å². The van der Waals surface area contributed by atoms with Gasteiger partial charge in [-0.15, -0.1) is 0 Å². The van der Waals surface area contributed by atoms with Crippen LogP contribution in [0.25, 0.3) is 22.7 Å². The third-order valence-corrected chi connectivity index (χ3v) is 4.13. The van der Waals surface area contributed by atoms with E-state index in [0.717, 1.165) is 0 Å². The summed E-state index contributed by atoms with van der Waals surface area (Å²) in [4.78, 5) is 21.8. The lowest BCUT2D eigenvalue weighted by molar-refractivity contribution is 0.797. The van der Waals surface area contributed by atoms with Crippen LogP contribution >= 0.6 is 0 Å². The van der Waals surface area contributed by atoms with E-state index in [9.17, 15) is 10.1 Å². The minimum absolute atomic E-state index is 0.0473. The SMILES string of the molecule is CC(C)c1c(-c2cnn(-c3ccccn3)c2)nc2c(C#N)c[nH]n2c1=O. The van der Waals surface area contributed by atoms with Gasteiger partial charge < -0.3 is 0 Å². The lowest BCUT2D eigenvalue weighted by Gasteiger charge is -2.10. The molecule has 4 aromatic rings. The number of aromatic amines is 1. The molecule has 0 atom stereocenters. The van der Waals surface area contributed by atoms with Crippen molar-refractivity contribution in [2.45, 2.75) is 19.8 Å². The molecule has 0 aliphatic rings. The number of hydrogen-bond acceptors (Lipinski definition) is 5. The van der Waals surface area contributed by atoms with Crippen LogP contribution in [0.3, 0.4) is 0 Å². The van der Waals surface area contributed by atoms with Gasteiger partial charge in [0.2, 0.25) is 0 Å². The zero-order valence-electron chi connectivity index (χ0n) is 14.2. The maximum atomic E-state index is 12.9. The van der Waals surface area contributed by atoms with E-state index < -0.39 is 0 Å². The Bertz CT molecular complexity index is 1190. The Morgan fingerprint density at radius 1 is 1.31 bits per heavy atom. The molecule has 0 aromatic carbocycles. The standard InChI is InChI=1S/C18H15N7O/c1-11(2)15-16(23-17-12(7-19)8-22-25(17)18(15)26)13-9-21-24(10-13)14-5-3-4-6-20-14/h3-6,8-11,22H,1-2H3. The van der Waals surface area contributed by atoms with E-state index >= 15 is 0 Å². The van der Waals surface area contributed by atoms with Crippen LogP contribution in [0.2, 0.25) is 0 Å². The quantitative estimate of drug-likeness (QED) is 0.613. The van der Waals surface area contributed by atoms with Crippen molar-refractivity contribution in [2.24, 2.45) is 0 Å². The van der Waals surface area contributed by atoms with Gasteiger partial charge in [-0.3, -0.25) is 9.89 Å². The van der Waals surface area contributed by atoms with Gasteiger partial charge >= 0.3 is 0 Å². The summed E-state index contributed by atoms with van der Waals surface area (Å²) < 4.78 is 2.94. The summed E-state index contributed by atoms with van der Waals surface area (Å²) in [6, 6.07) is 7.59. The lowest BCUT2D eigenvalue weighted by Crippen LogP contribution is -2.22. The molecule has 0 amide bonds. The Hall–Kier alpha value is -3.73. The van der Waals surface area contributed by atoms with Gasteiger partial charge in [0.1, 0.15) is 11.6 Å². The van der Waals surface area contributed by atoms with Gasteiger partial charge in [-0.05, 0) is 18.1 Å². The first-order valence-corrected chi connectivity index (χ1v) is 8.10. The molecule has 0 bridgehead atoms. The van der Waals surface area contributed by atoms with Gasteiger partial charge in [0.25, 0.3) is 5.56 Å². The van der Waals surface area contributed by atoms with E-state index in [-0.39, 0.29) is 11.5 Å². The van der Waals surface area contributed by atoms with Gasteiger partial charge in [0.05, 0.1) is 11.9 Å². The number of aromatic nitrogens is 6. The second-order valence-electron chi connectivity index (χ2n) is 6.15. The third-order valence-electron chi connectivity index (χ3n) is 4.13. The topological polar surface area (TPSA) is 105 Å². The van der Waals surface area contributed by atoms with Crippen molar-refractivity contribution < 1.29 is 0 Å². The van der Waals surface area contributed by atoms with Crippen LogP contribution in [0.5, 0.6) is 0 Å². The first-order chi connectivity index (χ1) is 12.6. The normalized spacial score (nSPS) is 11.2. The van der Waals surface area contributed by atoms with E-state index in [1.54, 1.807) is 23.3 Å². The first kappa shape index (κ1) is 15.8. The number of pyridine rings is 1. The highest BCUT2D eigenvalue weighted by atomic mass is 16.1. The van der Waals surface area contributed by atoms with Crippen molar-refractivity contribution in [1.82, 2.24) is 29.4 Å². The number of rotatable bonds is 3. The number of nitrogens with one attached hydrogen (secondary N) is 1. The molecule has 1 N–H and O–H groups in total. The Kier molecular flexibility index (Phi) is 3.62. The van der Waals surface area contributed by atoms with Gasteiger partial charge in [0, 0.05) is 29.7 Å². The summed E-state index contributed by atoms with van der Waals surface area (Å²) in [5, 5.41) is 16.4. The van der Waals surface area contributed by atoms with Crippen molar-refractivity contribution in [3.63, 3.8) is 0 Å². The van der Waals surface area contributed by atoms with Gasteiger partial charge in [-0.1, -0.05) is 19.9 Å². The Morgan fingerprint density at radius 3 is 2.85 bits per heavy atom.